The van der Waals surface area contributed by atoms with Gasteiger partial charge in [-0.25, -0.2) is 4.98 Å². The molecule has 0 aliphatic heterocycles. The van der Waals surface area contributed by atoms with Gasteiger partial charge in [0, 0.05) is 35.1 Å². The Hall–Kier alpha value is -2.14. The summed E-state index contributed by atoms with van der Waals surface area (Å²) in [6.45, 7) is 1.90. The number of amides is 1. The number of thiazole rings is 1. The smallest absolute Gasteiger partial charge is 0.257 e. The summed E-state index contributed by atoms with van der Waals surface area (Å²) < 4.78 is 2.03. The number of aryl methyl sites for hydroxylation is 2. The lowest BCUT2D eigenvalue weighted by molar-refractivity contribution is 0.102. The van der Waals surface area contributed by atoms with E-state index in [-0.39, 0.29) is 5.91 Å². The molecule has 1 aromatic carbocycles. The Morgan fingerprint density at radius 2 is 2.21 bits per heavy atom. The molecule has 3 aromatic rings. The topological polar surface area (TPSA) is 46.9 Å². The summed E-state index contributed by atoms with van der Waals surface area (Å²) in [5.41, 5.74) is 2.67. The van der Waals surface area contributed by atoms with Crippen molar-refractivity contribution in [3.63, 3.8) is 0 Å². The predicted molar refractivity (Wildman–Crippen MR) is 77.7 cm³/mol. The van der Waals surface area contributed by atoms with Crippen molar-refractivity contribution in [1.29, 1.82) is 0 Å². The zero-order chi connectivity index (χ0) is 13.4. The number of nitrogens with one attached hydrogen (secondary N) is 1. The summed E-state index contributed by atoms with van der Waals surface area (Å²) in [6.07, 6.45) is 1.98. The fourth-order valence-electron chi connectivity index (χ4n) is 2.00. The molecule has 4 nitrogen and oxygen atoms in total. The standard InChI is InChI=1S/C14H13N3OS/c1-9-8-19-14(15-9)16-13(18)11-3-4-12-10(7-11)5-6-17(12)2/h3-8H,1-2H3,(H,15,16,18). The van der Waals surface area contributed by atoms with Crippen molar-refractivity contribution in [2.45, 2.75) is 6.92 Å². The zero-order valence-corrected chi connectivity index (χ0v) is 11.5. The first kappa shape index (κ1) is 11.9. The molecule has 0 atom stereocenters. The molecule has 0 fully saturated rings. The maximum absolute atomic E-state index is 12.1. The van der Waals surface area contributed by atoms with Crippen LogP contribution in [-0.4, -0.2) is 15.5 Å². The van der Waals surface area contributed by atoms with E-state index in [1.165, 1.54) is 11.3 Å². The van der Waals surface area contributed by atoms with Crippen molar-refractivity contribution in [3.05, 3.63) is 47.1 Å². The number of nitrogens with zero attached hydrogens (tertiary/aromatic N) is 2. The lowest BCUT2D eigenvalue weighted by Crippen LogP contribution is -2.11. The second kappa shape index (κ2) is 4.51. The molecule has 2 heterocycles. The summed E-state index contributed by atoms with van der Waals surface area (Å²) in [6, 6.07) is 7.68. The minimum atomic E-state index is -0.125. The third-order valence-electron chi connectivity index (χ3n) is 2.99. The van der Waals surface area contributed by atoms with E-state index >= 15 is 0 Å². The summed E-state index contributed by atoms with van der Waals surface area (Å²) in [7, 11) is 1.99. The first-order valence-electron chi connectivity index (χ1n) is 5.92. The molecule has 0 bridgehead atoms. The van der Waals surface area contributed by atoms with Gasteiger partial charge in [-0.3, -0.25) is 10.1 Å². The molecule has 0 saturated carbocycles. The lowest BCUT2D eigenvalue weighted by Gasteiger charge is -2.02. The number of benzene rings is 1. The SMILES string of the molecule is Cc1csc(NC(=O)c2ccc3c(ccn3C)c2)n1. The van der Waals surface area contributed by atoms with Crippen molar-refractivity contribution in [1.82, 2.24) is 9.55 Å². The van der Waals surface area contributed by atoms with Crippen LogP contribution >= 0.6 is 11.3 Å². The second-order valence-corrected chi connectivity index (χ2v) is 5.31. The van der Waals surface area contributed by atoms with Crippen molar-refractivity contribution in [2.24, 2.45) is 7.05 Å². The van der Waals surface area contributed by atoms with Crippen LogP contribution in [0, 0.1) is 6.92 Å². The van der Waals surface area contributed by atoms with Gasteiger partial charge in [0.1, 0.15) is 0 Å². The van der Waals surface area contributed by atoms with Crippen LogP contribution in [0.4, 0.5) is 5.13 Å². The van der Waals surface area contributed by atoms with Crippen LogP contribution in [0.1, 0.15) is 16.1 Å². The molecular weight excluding hydrogens is 258 g/mol. The molecule has 0 aliphatic carbocycles. The Morgan fingerprint density at radius 3 is 2.95 bits per heavy atom. The van der Waals surface area contributed by atoms with E-state index in [4.69, 9.17) is 0 Å². The molecule has 19 heavy (non-hydrogen) atoms. The first-order chi connectivity index (χ1) is 9.13. The number of carbonyl (C=O) groups excluding carboxylic acids is 1. The third kappa shape index (κ3) is 2.24. The van der Waals surface area contributed by atoms with E-state index < -0.39 is 0 Å². The van der Waals surface area contributed by atoms with Crippen LogP contribution in [-0.2, 0) is 7.05 Å². The van der Waals surface area contributed by atoms with Gasteiger partial charge in [0.15, 0.2) is 5.13 Å². The molecule has 1 amide bonds. The molecule has 96 valence electrons. The number of carbonyl (C=O) groups is 1. The maximum Gasteiger partial charge on any atom is 0.257 e. The fraction of sp³-hybridized carbons (Fsp3) is 0.143. The Morgan fingerprint density at radius 1 is 1.37 bits per heavy atom. The lowest BCUT2D eigenvalue weighted by atomic mass is 10.1. The molecule has 0 aliphatic rings. The van der Waals surface area contributed by atoms with Crippen LogP contribution in [0.25, 0.3) is 10.9 Å². The quantitative estimate of drug-likeness (QED) is 0.778. The summed E-state index contributed by atoms with van der Waals surface area (Å²) in [5, 5.41) is 6.42. The number of anilines is 1. The molecule has 0 spiro atoms. The van der Waals surface area contributed by atoms with Crippen LogP contribution in [0.3, 0.4) is 0 Å². The molecule has 3 rings (SSSR count). The normalized spacial score (nSPS) is 10.8. The molecular formula is C14H13N3OS. The van der Waals surface area contributed by atoms with Crippen LogP contribution in [0.15, 0.2) is 35.8 Å². The monoisotopic (exact) mass is 271 g/mol. The zero-order valence-electron chi connectivity index (χ0n) is 10.7. The van der Waals surface area contributed by atoms with E-state index in [1.54, 1.807) is 0 Å². The molecule has 0 saturated heterocycles. The van der Waals surface area contributed by atoms with Crippen molar-refractivity contribution < 1.29 is 4.79 Å². The highest BCUT2D eigenvalue weighted by atomic mass is 32.1. The predicted octanol–water partition coefficient (Wildman–Crippen LogP) is 3.20. The van der Waals surface area contributed by atoms with E-state index in [1.807, 2.05) is 54.4 Å². The van der Waals surface area contributed by atoms with Crippen LogP contribution in [0.5, 0.6) is 0 Å². The highest BCUT2D eigenvalue weighted by Gasteiger charge is 2.09. The van der Waals surface area contributed by atoms with E-state index in [0.717, 1.165) is 16.6 Å². The van der Waals surface area contributed by atoms with Gasteiger partial charge < -0.3 is 4.57 Å². The van der Waals surface area contributed by atoms with Gasteiger partial charge in [0.2, 0.25) is 0 Å². The van der Waals surface area contributed by atoms with E-state index in [0.29, 0.717) is 10.7 Å². The van der Waals surface area contributed by atoms with Crippen LogP contribution in [0.2, 0.25) is 0 Å². The van der Waals surface area contributed by atoms with Crippen LogP contribution < -0.4 is 5.32 Å². The van der Waals surface area contributed by atoms with Gasteiger partial charge in [-0.05, 0) is 31.2 Å². The largest absolute Gasteiger partial charge is 0.351 e. The summed E-state index contributed by atoms with van der Waals surface area (Å²) in [5.74, 6) is -0.125. The second-order valence-electron chi connectivity index (χ2n) is 4.45. The minimum absolute atomic E-state index is 0.125. The van der Waals surface area contributed by atoms with Gasteiger partial charge in [0.05, 0.1) is 5.69 Å². The molecule has 0 radical (unpaired) electrons. The van der Waals surface area contributed by atoms with Crippen molar-refractivity contribution in [3.8, 4) is 0 Å². The van der Waals surface area contributed by atoms with E-state index in [9.17, 15) is 4.79 Å². The summed E-state index contributed by atoms with van der Waals surface area (Å²) >= 11 is 1.43. The number of hydrogen-bond acceptors (Lipinski definition) is 3. The Labute approximate surface area is 114 Å². The van der Waals surface area contributed by atoms with Gasteiger partial charge >= 0.3 is 0 Å². The Bertz CT molecular complexity index is 757. The maximum atomic E-state index is 12.1. The van der Waals surface area contributed by atoms with Gasteiger partial charge in [-0.1, -0.05) is 0 Å². The third-order valence-corrected chi connectivity index (χ3v) is 3.86. The van der Waals surface area contributed by atoms with Gasteiger partial charge in [0.25, 0.3) is 5.91 Å². The number of hydrogen-bond donors (Lipinski definition) is 1. The fourth-order valence-corrected chi connectivity index (χ4v) is 2.69. The average Bonchev–Trinajstić information content (AvgIpc) is 2.96. The summed E-state index contributed by atoms with van der Waals surface area (Å²) in [4.78, 5) is 16.3. The highest BCUT2D eigenvalue weighted by Crippen LogP contribution is 2.19. The minimum Gasteiger partial charge on any atom is -0.351 e. The Balaban J connectivity index is 1.89. The molecule has 5 heteroatoms. The van der Waals surface area contributed by atoms with Gasteiger partial charge in [-0.2, -0.15) is 0 Å². The number of fused-ring (bicyclic) bond motifs is 1. The highest BCUT2D eigenvalue weighted by molar-refractivity contribution is 7.13. The molecule has 1 N–H and O–H groups in total. The average molecular weight is 271 g/mol. The first-order valence-corrected chi connectivity index (χ1v) is 6.80. The number of aromatic nitrogens is 2. The Kier molecular flexibility index (Phi) is 2.83. The number of rotatable bonds is 2. The van der Waals surface area contributed by atoms with Gasteiger partial charge in [-0.15, -0.1) is 11.3 Å². The van der Waals surface area contributed by atoms with E-state index in [2.05, 4.69) is 10.3 Å². The van der Waals surface area contributed by atoms with Crippen molar-refractivity contribution >= 4 is 33.3 Å². The molecule has 2 aromatic heterocycles. The molecule has 0 unspecified atom stereocenters. The van der Waals surface area contributed by atoms with Crippen molar-refractivity contribution in [2.75, 3.05) is 5.32 Å².